The van der Waals surface area contributed by atoms with Crippen molar-refractivity contribution in [1.29, 1.82) is 0 Å². The minimum atomic E-state index is 1.02. The monoisotopic (exact) mass is 258 g/mol. The van der Waals surface area contributed by atoms with E-state index in [9.17, 15) is 0 Å². The lowest BCUT2D eigenvalue weighted by Crippen LogP contribution is -1.88. The molecule has 0 aliphatic heterocycles. The van der Waals surface area contributed by atoms with Crippen LogP contribution in [-0.2, 0) is 7.05 Å². The quantitative estimate of drug-likeness (QED) is 0.495. The van der Waals surface area contributed by atoms with E-state index in [2.05, 4.69) is 59.1 Å². The molecule has 0 N–H and O–H groups in total. The van der Waals surface area contributed by atoms with Gasteiger partial charge in [0.15, 0.2) is 0 Å². The molecular formula is C18H14N2. The summed E-state index contributed by atoms with van der Waals surface area (Å²) >= 11 is 0. The lowest BCUT2D eigenvalue weighted by Gasteiger charge is -2.02. The molecule has 0 amide bonds. The average Bonchev–Trinajstić information content (AvgIpc) is 2.81. The number of hydrogen-bond donors (Lipinski definition) is 0. The Morgan fingerprint density at radius 1 is 0.800 bits per heavy atom. The zero-order valence-electron chi connectivity index (χ0n) is 11.2. The number of nitrogens with zero attached hydrogens (tertiary/aromatic N) is 2. The lowest BCUT2D eigenvalue weighted by atomic mass is 10.1. The summed E-state index contributed by atoms with van der Waals surface area (Å²) < 4.78 is 2.23. The first-order valence-corrected chi connectivity index (χ1v) is 6.73. The topological polar surface area (TPSA) is 17.8 Å². The van der Waals surface area contributed by atoms with Crippen molar-refractivity contribution in [1.82, 2.24) is 9.55 Å². The highest BCUT2D eigenvalue weighted by atomic mass is 14.9. The summed E-state index contributed by atoms with van der Waals surface area (Å²) in [5.74, 6) is 0. The van der Waals surface area contributed by atoms with Crippen LogP contribution in [0.2, 0.25) is 0 Å². The normalized spacial score (nSPS) is 11.2. The molecular weight excluding hydrogens is 244 g/mol. The van der Waals surface area contributed by atoms with Gasteiger partial charge in [-0.3, -0.25) is 4.98 Å². The second-order valence-corrected chi connectivity index (χ2v) is 5.03. The van der Waals surface area contributed by atoms with Gasteiger partial charge in [0.2, 0.25) is 0 Å². The van der Waals surface area contributed by atoms with E-state index < -0.39 is 0 Å². The van der Waals surface area contributed by atoms with Gasteiger partial charge in [-0.2, -0.15) is 0 Å². The van der Waals surface area contributed by atoms with Gasteiger partial charge in [0.1, 0.15) is 0 Å². The maximum atomic E-state index is 4.63. The third-order valence-electron chi connectivity index (χ3n) is 3.87. The van der Waals surface area contributed by atoms with Crippen LogP contribution in [0.25, 0.3) is 33.1 Å². The summed E-state index contributed by atoms with van der Waals surface area (Å²) in [4.78, 5) is 4.63. The first kappa shape index (κ1) is 11.2. The zero-order valence-corrected chi connectivity index (χ0v) is 11.2. The van der Waals surface area contributed by atoms with Gasteiger partial charge in [0.05, 0.1) is 11.2 Å². The molecule has 0 saturated carbocycles. The maximum Gasteiger partial charge on any atom is 0.0723 e. The van der Waals surface area contributed by atoms with E-state index >= 15 is 0 Å². The molecule has 0 unspecified atom stereocenters. The van der Waals surface area contributed by atoms with Crippen LogP contribution in [-0.4, -0.2) is 9.55 Å². The Balaban J connectivity index is 2.05. The Hall–Kier alpha value is -2.61. The molecule has 0 aliphatic rings. The van der Waals surface area contributed by atoms with Crippen LogP contribution in [0.5, 0.6) is 0 Å². The summed E-state index contributed by atoms with van der Waals surface area (Å²) in [7, 11) is 2.11. The van der Waals surface area contributed by atoms with Gasteiger partial charge < -0.3 is 4.57 Å². The molecule has 20 heavy (non-hydrogen) atoms. The Bertz CT molecular complexity index is 905. The summed E-state index contributed by atoms with van der Waals surface area (Å²) in [6.07, 6.45) is 1.99. The smallest absolute Gasteiger partial charge is 0.0723 e. The van der Waals surface area contributed by atoms with Gasteiger partial charge in [-0.25, -0.2) is 0 Å². The van der Waals surface area contributed by atoms with E-state index in [0.29, 0.717) is 0 Å². The second-order valence-electron chi connectivity index (χ2n) is 5.03. The van der Waals surface area contributed by atoms with Crippen molar-refractivity contribution in [2.75, 3.05) is 0 Å². The number of aryl methyl sites for hydroxylation is 1. The number of benzene rings is 2. The van der Waals surface area contributed by atoms with Crippen LogP contribution in [0.3, 0.4) is 0 Å². The number of rotatable bonds is 1. The van der Waals surface area contributed by atoms with Crippen LogP contribution in [0, 0.1) is 0 Å². The fourth-order valence-electron chi connectivity index (χ4n) is 2.82. The largest absolute Gasteiger partial charge is 0.343 e. The summed E-state index contributed by atoms with van der Waals surface area (Å²) in [5, 5.41) is 2.47. The summed E-state index contributed by atoms with van der Waals surface area (Å²) in [5.41, 5.74) is 4.64. The molecule has 2 heteroatoms. The van der Waals surface area contributed by atoms with Crippen molar-refractivity contribution in [2.45, 2.75) is 0 Å². The van der Waals surface area contributed by atoms with Gasteiger partial charge in [-0.15, -0.1) is 0 Å². The van der Waals surface area contributed by atoms with Crippen molar-refractivity contribution in [3.05, 3.63) is 66.9 Å². The third kappa shape index (κ3) is 1.55. The molecule has 96 valence electrons. The number of pyridine rings is 1. The van der Waals surface area contributed by atoms with Crippen molar-refractivity contribution in [3.63, 3.8) is 0 Å². The Labute approximate surface area is 117 Å². The van der Waals surface area contributed by atoms with E-state index in [1.165, 1.54) is 21.8 Å². The number of aromatic nitrogens is 2. The average molecular weight is 258 g/mol. The van der Waals surface area contributed by atoms with Gasteiger partial charge >= 0.3 is 0 Å². The van der Waals surface area contributed by atoms with E-state index in [-0.39, 0.29) is 0 Å². The SMILES string of the molecule is Cn1c2ccccc2c2cnc(-c3ccccc3)cc21. The molecule has 4 aromatic rings. The summed E-state index contributed by atoms with van der Waals surface area (Å²) in [6, 6.07) is 20.9. The van der Waals surface area contributed by atoms with Gasteiger partial charge in [0.25, 0.3) is 0 Å². The Morgan fingerprint density at radius 3 is 2.40 bits per heavy atom. The predicted octanol–water partition coefficient (Wildman–Crippen LogP) is 4.39. The molecule has 2 nitrogen and oxygen atoms in total. The fourth-order valence-corrected chi connectivity index (χ4v) is 2.82. The molecule has 0 atom stereocenters. The first-order valence-electron chi connectivity index (χ1n) is 6.73. The molecule has 0 bridgehead atoms. The van der Waals surface area contributed by atoms with Gasteiger partial charge in [-0.05, 0) is 12.1 Å². The van der Waals surface area contributed by atoms with Crippen molar-refractivity contribution < 1.29 is 0 Å². The van der Waals surface area contributed by atoms with Gasteiger partial charge in [0, 0.05) is 35.1 Å². The van der Waals surface area contributed by atoms with Crippen molar-refractivity contribution >= 4 is 21.8 Å². The number of hydrogen-bond acceptors (Lipinski definition) is 1. The summed E-state index contributed by atoms with van der Waals surface area (Å²) in [6.45, 7) is 0. The lowest BCUT2D eigenvalue weighted by molar-refractivity contribution is 1.01. The minimum absolute atomic E-state index is 1.02. The highest BCUT2D eigenvalue weighted by molar-refractivity contribution is 6.08. The highest BCUT2D eigenvalue weighted by Gasteiger charge is 2.09. The van der Waals surface area contributed by atoms with Gasteiger partial charge in [-0.1, -0.05) is 48.5 Å². The van der Waals surface area contributed by atoms with Crippen LogP contribution < -0.4 is 0 Å². The van der Waals surface area contributed by atoms with Crippen LogP contribution in [0.1, 0.15) is 0 Å². The highest BCUT2D eigenvalue weighted by Crippen LogP contribution is 2.29. The van der Waals surface area contributed by atoms with Crippen LogP contribution >= 0.6 is 0 Å². The Kier molecular flexibility index (Phi) is 2.36. The number of fused-ring (bicyclic) bond motifs is 3. The molecule has 0 fully saturated rings. The standard InChI is InChI=1S/C18H14N2/c1-20-17-10-6-5-9-14(17)15-12-19-16(11-18(15)20)13-7-3-2-4-8-13/h2-12H,1H3. The molecule has 0 aliphatic carbocycles. The molecule has 0 spiro atoms. The molecule has 4 rings (SSSR count). The molecule has 2 aromatic heterocycles. The van der Waals surface area contributed by atoms with E-state index in [1.54, 1.807) is 0 Å². The Morgan fingerprint density at radius 2 is 1.55 bits per heavy atom. The fraction of sp³-hybridized carbons (Fsp3) is 0.0556. The second kappa shape index (κ2) is 4.20. The molecule has 0 saturated heterocycles. The van der Waals surface area contributed by atoms with Crippen LogP contribution in [0.4, 0.5) is 0 Å². The molecule has 2 aromatic carbocycles. The van der Waals surface area contributed by atoms with E-state index in [0.717, 1.165) is 11.3 Å². The predicted molar refractivity (Wildman–Crippen MR) is 83.7 cm³/mol. The van der Waals surface area contributed by atoms with Crippen molar-refractivity contribution in [2.24, 2.45) is 7.05 Å². The zero-order chi connectivity index (χ0) is 13.5. The van der Waals surface area contributed by atoms with Crippen molar-refractivity contribution in [3.8, 4) is 11.3 Å². The molecule has 0 radical (unpaired) electrons. The molecule has 2 heterocycles. The van der Waals surface area contributed by atoms with E-state index in [1.807, 2.05) is 24.4 Å². The maximum absolute atomic E-state index is 4.63. The third-order valence-corrected chi connectivity index (χ3v) is 3.87. The van der Waals surface area contributed by atoms with Crippen LogP contribution in [0.15, 0.2) is 66.9 Å². The minimum Gasteiger partial charge on any atom is -0.343 e. The van der Waals surface area contributed by atoms with E-state index in [4.69, 9.17) is 0 Å². The first-order chi connectivity index (χ1) is 9.84. The number of para-hydroxylation sites is 1.